The molecule has 23 heavy (non-hydrogen) atoms. The molecule has 3 rings (SSSR count). The van der Waals surface area contributed by atoms with Gasteiger partial charge < -0.3 is 9.88 Å². The monoisotopic (exact) mass is 365 g/mol. The van der Waals surface area contributed by atoms with E-state index in [9.17, 15) is 4.79 Å². The number of benzene rings is 1. The second-order valence-corrected chi connectivity index (χ2v) is 6.45. The van der Waals surface area contributed by atoms with Crippen LogP contribution in [0.25, 0.3) is 11.8 Å². The molecular weight excluding hydrogens is 353 g/mol. The zero-order valence-electron chi connectivity index (χ0n) is 12.4. The second kappa shape index (κ2) is 6.00. The zero-order chi connectivity index (χ0) is 16.7. The van der Waals surface area contributed by atoms with Crippen LogP contribution in [0.3, 0.4) is 0 Å². The number of halogens is 2. The van der Waals surface area contributed by atoms with Gasteiger partial charge in [-0.05, 0) is 62.0 Å². The zero-order valence-corrected chi connectivity index (χ0v) is 14.7. The van der Waals surface area contributed by atoms with E-state index in [0.29, 0.717) is 20.9 Å². The molecule has 4 nitrogen and oxygen atoms in total. The predicted molar refractivity (Wildman–Crippen MR) is 97.1 cm³/mol. The largest absolute Gasteiger partial charge is 0.328 e. The summed E-state index contributed by atoms with van der Waals surface area (Å²) in [6, 6.07) is 7.49. The summed E-state index contributed by atoms with van der Waals surface area (Å²) < 4.78 is 2.06. The van der Waals surface area contributed by atoms with Gasteiger partial charge in [0.1, 0.15) is 5.70 Å². The summed E-state index contributed by atoms with van der Waals surface area (Å²) in [5.74, 6) is -0.227. The van der Waals surface area contributed by atoms with E-state index in [-0.39, 0.29) is 5.91 Å². The van der Waals surface area contributed by atoms with E-state index in [2.05, 4.69) is 15.2 Å². The van der Waals surface area contributed by atoms with Crippen molar-refractivity contribution in [2.24, 2.45) is 0 Å². The molecule has 1 aliphatic heterocycles. The van der Waals surface area contributed by atoms with Crippen molar-refractivity contribution in [1.29, 1.82) is 0 Å². The lowest BCUT2D eigenvalue weighted by Gasteiger charge is -2.10. The Morgan fingerprint density at radius 3 is 2.48 bits per heavy atom. The molecule has 0 saturated carbocycles. The van der Waals surface area contributed by atoms with Crippen molar-refractivity contribution in [3.63, 3.8) is 0 Å². The molecule has 0 aliphatic carbocycles. The first-order valence-corrected chi connectivity index (χ1v) is 8.01. The molecule has 1 aromatic heterocycles. The molecular formula is C16H13Cl2N3OS. The summed E-state index contributed by atoms with van der Waals surface area (Å²) in [5.41, 5.74) is 4.29. The molecule has 1 amide bonds. The van der Waals surface area contributed by atoms with Crippen molar-refractivity contribution in [1.82, 2.24) is 15.2 Å². The first-order chi connectivity index (χ1) is 10.9. The van der Waals surface area contributed by atoms with Gasteiger partial charge in [-0.1, -0.05) is 23.2 Å². The van der Waals surface area contributed by atoms with Crippen molar-refractivity contribution >= 4 is 52.5 Å². The summed E-state index contributed by atoms with van der Waals surface area (Å²) in [6.45, 7) is 3.97. The number of aryl methyl sites for hydroxylation is 1. The number of aromatic nitrogens is 1. The highest BCUT2D eigenvalue weighted by Crippen LogP contribution is 2.28. The minimum Gasteiger partial charge on any atom is -0.328 e. The van der Waals surface area contributed by atoms with Crippen LogP contribution in [0.5, 0.6) is 0 Å². The molecule has 1 fully saturated rings. The normalized spacial score (nSPS) is 15.9. The third-order valence-electron chi connectivity index (χ3n) is 3.65. The average molecular weight is 366 g/mol. The number of thiocarbonyl (C=S) groups is 1. The second-order valence-electron chi connectivity index (χ2n) is 5.23. The molecule has 0 radical (unpaired) electrons. The van der Waals surface area contributed by atoms with Gasteiger partial charge in [0.25, 0.3) is 5.91 Å². The Bertz CT molecular complexity index is 870. The molecule has 2 heterocycles. The first kappa shape index (κ1) is 16.1. The fraction of sp³-hybridized carbons (Fsp3) is 0.125. The minimum atomic E-state index is -0.227. The summed E-state index contributed by atoms with van der Waals surface area (Å²) in [6.07, 6.45) is 1.78. The number of rotatable bonds is 2. The van der Waals surface area contributed by atoms with Crippen LogP contribution in [0.1, 0.15) is 17.0 Å². The van der Waals surface area contributed by atoms with Gasteiger partial charge in [0.05, 0.1) is 10.0 Å². The van der Waals surface area contributed by atoms with Crippen molar-refractivity contribution in [2.75, 3.05) is 0 Å². The minimum absolute atomic E-state index is 0.227. The van der Waals surface area contributed by atoms with Crippen molar-refractivity contribution in [2.45, 2.75) is 13.8 Å². The van der Waals surface area contributed by atoms with Crippen LogP contribution in [-0.4, -0.2) is 15.6 Å². The highest BCUT2D eigenvalue weighted by atomic mass is 35.5. The van der Waals surface area contributed by atoms with Crippen LogP contribution in [0.4, 0.5) is 0 Å². The van der Waals surface area contributed by atoms with Crippen LogP contribution >= 0.6 is 35.4 Å². The van der Waals surface area contributed by atoms with Gasteiger partial charge in [-0.25, -0.2) is 0 Å². The summed E-state index contributed by atoms with van der Waals surface area (Å²) in [5, 5.41) is 6.73. The highest BCUT2D eigenvalue weighted by molar-refractivity contribution is 7.80. The fourth-order valence-electron chi connectivity index (χ4n) is 2.59. The van der Waals surface area contributed by atoms with Crippen LogP contribution in [0.2, 0.25) is 10.0 Å². The van der Waals surface area contributed by atoms with E-state index in [1.807, 2.05) is 32.0 Å². The van der Waals surface area contributed by atoms with Gasteiger partial charge in [0.15, 0.2) is 5.11 Å². The Kier molecular flexibility index (Phi) is 4.19. The molecule has 118 valence electrons. The van der Waals surface area contributed by atoms with Gasteiger partial charge >= 0.3 is 0 Å². The maximum atomic E-state index is 11.8. The number of nitrogens with one attached hydrogen (secondary N) is 2. The Labute approximate surface area is 149 Å². The summed E-state index contributed by atoms with van der Waals surface area (Å²) >= 11 is 17.0. The molecule has 2 N–H and O–H groups in total. The standard InChI is InChI=1S/C16H13Cl2N3OS/c1-8-5-10(6-14-15(22)20-16(23)19-14)9(2)21(8)11-3-4-12(17)13(18)7-11/h3-7H,1-2H3,(H2,19,20,22,23). The number of amides is 1. The lowest BCUT2D eigenvalue weighted by molar-refractivity contribution is -0.115. The van der Waals surface area contributed by atoms with Gasteiger partial charge in [0, 0.05) is 17.1 Å². The molecule has 7 heteroatoms. The SMILES string of the molecule is Cc1cc(C=C2NC(=S)NC2=O)c(C)n1-c1ccc(Cl)c(Cl)c1. The van der Waals surface area contributed by atoms with E-state index in [4.69, 9.17) is 35.4 Å². The van der Waals surface area contributed by atoms with Crippen LogP contribution in [0, 0.1) is 13.8 Å². The summed E-state index contributed by atoms with van der Waals surface area (Å²) in [4.78, 5) is 11.8. The summed E-state index contributed by atoms with van der Waals surface area (Å²) in [7, 11) is 0. The third-order valence-corrected chi connectivity index (χ3v) is 4.59. The number of nitrogens with zero attached hydrogens (tertiary/aromatic N) is 1. The van der Waals surface area contributed by atoms with Gasteiger partial charge in [0.2, 0.25) is 0 Å². The van der Waals surface area contributed by atoms with Gasteiger partial charge in [-0.2, -0.15) is 0 Å². The Morgan fingerprint density at radius 2 is 1.87 bits per heavy atom. The van der Waals surface area contributed by atoms with Crippen LogP contribution in [-0.2, 0) is 4.79 Å². The van der Waals surface area contributed by atoms with Crippen molar-refractivity contribution in [3.05, 3.63) is 57.0 Å². The van der Waals surface area contributed by atoms with E-state index < -0.39 is 0 Å². The quantitative estimate of drug-likeness (QED) is 0.629. The van der Waals surface area contributed by atoms with E-state index in [1.54, 1.807) is 12.1 Å². The molecule has 1 saturated heterocycles. The Balaban J connectivity index is 2.06. The molecule has 2 aromatic rings. The first-order valence-electron chi connectivity index (χ1n) is 6.85. The molecule has 0 atom stereocenters. The topological polar surface area (TPSA) is 46.1 Å². The maximum Gasteiger partial charge on any atom is 0.273 e. The lowest BCUT2D eigenvalue weighted by atomic mass is 10.2. The van der Waals surface area contributed by atoms with Crippen LogP contribution < -0.4 is 10.6 Å². The van der Waals surface area contributed by atoms with Crippen LogP contribution in [0.15, 0.2) is 30.0 Å². The van der Waals surface area contributed by atoms with Gasteiger partial charge in [-0.3, -0.25) is 10.1 Å². The maximum absolute atomic E-state index is 11.8. The molecule has 0 unspecified atom stereocenters. The number of hydrogen-bond donors (Lipinski definition) is 2. The molecule has 0 spiro atoms. The third kappa shape index (κ3) is 3.00. The van der Waals surface area contributed by atoms with E-state index in [0.717, 1.165) is 22.6 Å². The highest BCUT2D eigenvalue weighted by Gasteiger charge is 2.21. The number of hydrogen-bond acceptors (Lipinski definition) is 2. The Morgan fingerprint density at radius 1 is 1.13 bits per heavy atom. The fourth-order valence-corrected chi connectivity index (χ4v) is 3.09. The predicted octanol–water partition coefficient (Wildman–Crippen LogP) is 3.75. The molecule has 0 bridgehead atoms. The smallest absolute Gasteiger partial charge is 0.273 e. The van der Waals surface area contributed by atoms with E-state index in [1.165, 1.54) is 0 Å². The molecule has 1 aromatic carbocycles. The Hall–Kier alpha value is -1.82. The van der Waals surface area contributed by atoms with Gasteiger partial charge in [-0.15, -0.1) is 0 Å². The molecule has 1 aliphatic rings. The number of carbonyl (C=O) groups excluding carboxylic acids is 1. The lowest BCUT2D eigenvalue weighted by Crippen LogP contribution is -2.21. The van der Waals surface area contributed by atoms with E-state index >= 15 is 0 Å². The average Bonchev–Trinajstić information content (AvgIpc) is 2.93. The van der Waals surface area contributed by atoms with Crippen molar-refractivity contribution < 1.29 is 4.79 Å². The number of carbonyl (C=O) groups is 1. The van der Waals surface area contributed by atoms with Crippen molar-refractivity contribution in [3.8, 4) is 5.69 Å².